The van der Waals surface area contributed by atoms with Crippen LogP contribution in [0.2, 0.25) is 0 Å². The molecule has 0 amide bonds. The Bertz CT molecular complexity index is 722. The predicted octanol–water partition coefficient (Wildman–Crippen LogP) is 7.70. The van der Waals surface area contributed by atoms with Crippen LogP contribution in [0.4, 0.5) is 13.2 Å². The van der Waals surface area contributed by atoms with Gasteiger partial charge < -0.3 is 0 Å². The fourth-order valence-corrected chi connectivity index (χ4v) is 4.36. The highest BCUT2D eigenvalue weighted by molar-refractivity contribution is 5.65. The van der Waals surface area contributed by atoms with Crippen LogP contribution in [0, 0.1) is 29.3 Å². The molecule has 2 aromatic carbocycles. The Morgan fingerprint density at radius 1 is 0.852 bits per heavy atom. The maximum atomic E-state index is 14.5. The number of hydrogen-bond acceptors (Lipinski definition) is 0. The van der Waals surface area contributed by atoms with Crippen LogP contribution in [0.25, 0.3) is 11.1 Å². The lowest BCUT2D eigenvalue weighted by molar-refractivity contribution is 0.250. The van der Waals surface area contributed by atoms with Crippen molar-refractivity contribution in [3.05, 3.63) is 59.4 Å². The van der Waals surface area contributed by atoms with Gasteiger partial charge in [0, 0.05) is 0 Å². The Morgan fingerprint density at radius 2 is 1.48 bits per heavy atom. The lowest BCUT2D eigenvalue weighted by Crippen LogP contribution is -2.15. The molecule has 0 spiro atoms. The monoisotopic (exact) mass is 374 g/mol. The van der Waals surface area contributed by atoms with E-state index in [-0.39, 0.29) is 11.1 Å². The van der Waals surface area contributed by atoms with Gasteiger partial charge in [0.25, 0.3) is 0 Å². The minimum Gasteiger partial charge on any atom is -0.207 e. The van der Waals surface area contributed by atoms with Crippen LogP contribution in [0.1, 0.15) is 63.9 Å². The van der Waals surface area contributed by atoms with Crippen LogP contribution in [0.3, 0.4) is 0 Å². The number of unbranched alkanes of at least 4 members (excludes halogenated alkanes) is 1. The summed E-state index contributed by atoms with van der Waals surface area (Å²) in [5.41, 5.74) is 0.787. The van der Waals surface area contributed by atoms with Crippen molar-refractivity contribution in [1.82, 2.24) is 0 Å². The van der Waals surface area contributed by atoms with Crippen molar-refractivity contribution in [3.63, 3.8) is 0 Å². The third kappa shape index (κ3) is 5.37. The van der Waals surface area contributed by atoms with Gasteiger partial charge in [-0.3, -0.25) is 0 Å². The Kier molecular flexibility index (Phi) is 6.98. The van der Waals surface area contributed by atoms with Crippen molar-refractivity contribution in [3.8, 4) is 11.1 Å². The summed E-state index contributed by atoms with van der Waals surface area (Å²) in [7, 11) is 0. The molecule has 1 aliphatic carbocycles. The molecule has 3 rings (SSSR count). The summed E-state index contributed by atoms with van der Waals surface area (Å²) >= 11 is 0. The van der Waals surface area contributed by atoms with Crippen molar-refractivity contribution in [2.24, 2.45) is 11.8 Å². The lowest BCUT2D eigenvalue weighted by Gasteiger charge is -2.28. The lowest BCUT2D eigenvalue weighted by atomic mass is 9.78. The van der Waals surface area contributed by atoms with Gasteiger partial charge in [-0.2, -0.15) is 0 Å². The van der Waals surface area contributed by atoms with Crippen molar-refractivity contribution in [2.75, 3.05) is 0 Å². The molecule has 0 heterocycles. The Morgan fingerprint density at radius 3 is 2.07 bits per heavy atom. The minimum atomic E-state index is -0.612. The zero-order valence-corrected chi connectivity index (χ0v) is 16.1. The fourth-order valence-electron chi connectivity index (χ4n) is 4.36. The molecule has 2 aromatic rings. The van der Waals surface area contributed by atoms with Crippen LogP contribution in [0.15, 0.2) is 36.4 Å². The van der Waals surface area contributed by atoms with E-state index >= 15 is 0 Å². The molecule has 0 saturated heterocycles. The fraction of sp³-hybridized carbons (Fsp3) is 0.500. The van der Waals surface area contributed by atoms with Crippen LogP contribution in [-0.2, 0) is 6.42 Å². The molecule has 0 nitrogen and oxygen atoms in total. The smallest absolute Gasteiger partial charge is 0.134 e. The van der Waals surface area contributed by atoms with E-state index in [2.05, 4.69) is 6.92 Å². The molecule has 0 unspecified atom stereocenters. The first-order chi connectivity index (χ1) is 13.1. The largest absolute Gasteiger partial charge is 0.207 e. The van der Waals surface area contributed by atoms with Crippen molar-refractivity contribution < 1.29 is 13.2 Å². The topological polar surface area (TPSA) is 0 Å². The molecule has 1 fully saturated rings. The van der Waals surface area contributed by atoms with Crippen molar-refractivity contribution >= 4 is 0 Å². The Balaban J connectivity index is 1.59. The molecule has 0 radical (unpaired) electrons. The van der Waals surface area contributed by atoms with Crippen molar-refractivity contribution in [2.45, 2.75) is 64.7 Å². The summed E-state index contributed by atoms with van der Waals surface area (Å²) in [5, 5.41) is 0. The normalized spacial score (nSPS) is 20.0. The van der Waals surface area contributed by atoms with Gasteiger partial charge in [-0.15, -0.1) is 0 Å². The number of rotatable bonds is 7. The summed E-state index contributed by atoms with van der Waals surface area (Å²) in [6.45, 7) is 2.24. The van der Waals surface area contributed by atoms with Crippen LogP contribution < -0.4 is 0 Å². The highest BCUT2D eigenvalue weighted by Crippen LogP contribution is 2.35. The second-order valence-electron chi connectivity index (χ2n) is 8.01. The molecular weight excluding hydrogens is 345 g/mol. The standard InChI is InChI=1S/C24H29F3/c1-2-3-5-17-8-10-18(11-9-17)12-13-19-14-22(26)24(23(27)15-19)20-6-4-7-21(25)16-20/h4,6-7,14-18H,2-3,5,8-13H2,1H3. The maximum absolute atomic E-state index is 14.5. The molecule has 0 N–H and O–H groups in total. The molecule has 1 aliphatic rings. The zero-order chi connectivity index (χ0) is 19.2. The van der Waals surface area contributed by atoms with E-state index in [1.165, 1.54) is 75.3 Å². The van der Waals surface area contributed by atoms with E-state index in [0.717, 1.165) is 18.4 Å². The van der Waals surface area contributed by atoms with Gasteiger partial charge in [-0.1, -0.05) is 64.0 Å². The van der Waals surface area contributed by atoms with Gasteiger partial charge in [-0.25, -0.2) is 13.2 Å². The molecule has 0 atom stereocenters. The van der Waals surface area contributed by atoms with Crippen molar-refractivity contribution in [1.29, 1.82) is 0 Å². The van der Waals surface area contributed by atoms with E-state index in [1.54, 1.807) is 0 Å². The summed E-state index contributed by atoms with van der Waals surface area (Å²) in [6.07, 6.45) is 10.7. The molecular formula is C24H29F3. The SMILES string of the molecule is CCCCC1CCC(CCc2cc(F)c(-c3cccc(F)c3)c(F)c2)CC1. The third-order valence-corrected chi connectivity index (χ3v) is 5.99. The first-order valence-electron chi connectivity index (χ1n) is 10.3. The highest BCUT2D eigenvalue weighted by atomic mass is 19.1. The molecule has 3 heteroatoms. The van der Waals surface area contributed by atoms with E-state index in [0.29, 0.717) is 17.9 Å². The number of benzene rings is 2. The molecule has 27 heavy (non-hydrogen) atoms. The third-order valence-electron chi connectivity index (χ3n) is 5.99. The van der Waals surface area contributed by atoms with Gasteiger partial charge in [0.15, 0.2) is 0 Å². The predicted molar refractivity (Wildman–Crippen MR) is 105 cm³/mol. The van der Waals surface area contributed by atoms with Gasteiger partial charge in [0.1, 0.15) is 17.5 Å². The van der Waals surface area contributed by atoms with Crippen LogP contribution in [-0.4, -0.2) is 0 Å². The summed E-state index contributed by atoms with van der Waals surface area (Å²) in [6, 6.07) is 8.25. The number of aryl methyl sites for hydroxylation is 1. The summed E-state index contributed by atoms with van der Waals surface area (Å²) in [5.74, 6) is -0.179. The van der Waals surface area contributed by atoms with Crippen LogP contribution in [0.5, 0.6) is 0 Å². The van der Waals surface area contributed by atoms with Crippen LogP contribution >= 0.6 is 0 Å². The Hall–Kier alpha value is -1.77. The molecule has 146 valence electrons. The number of hydrogen-bond donors (Lipinski definition) is 0. The number of halogens is 3. The molecule has 0 bridgehead atoms. The summed E-state index contributed by atoms with van der Waals surface area (Å²) < 4.78 is 42.4. The quantitative estimate of drug-likeness (QED) is 0.466. The molecule has 0 aromatic heterocycles. The minimum absolute atomic E-state index is 0.144. The second kappa shape index (κ2) is 9.43. The van der Waals surface area contributed by atoms with Gasteiger partial charge in [0.05, 0.1) is 5.56 Å². The first kappa shape index (κ1) is 20.0. The van der Waals surface area contributed by atoms with Gasteiger partial charge >= 0.3 is 0 Å². The van der Waals surface area contributed by atoms with E-state index < -0.39 is 17.5 Å². The highest BCUT2D eigenvalue weighted by Gasteiger charge is 2.21. The van der Waals surface area contributed by atoms with Gasteiger partial charge in [0.2, 0.25) is 0 Å². The molecule has 0 aliphatic heterocycles. The average molecular weight is 374 g/mol. The van der Waals surface area contributed by atoms with E-state index in [1.807, 2.05) is 0 Å². The average Bonchev–Trinajstić information content (AvgIpc) is 2.65. The van der Waals surface area contributed by atoms with E-state index in [9.17, 15) is 13.2 Å². The maximum Gasteiger partial charge on any atom is 0.134 e. The molecule has 1 saturated carbocycles. The first-order valence-corrected chi connectivity index (χ1v) is 10.3. The summed E-state index contributed by atoms with van der Waals surface area (Å²) in [4.78, 5) is 0. The second-order valence-corrected chi connectivity index (χ2v) is 8.01. The van der Waals surface area contributed by atoms with E-state index in [4.69, 9.17) is 0 Å². The van der Waals surface area contributed by atoms with Gasteiger partial charge in [-0.05, 0) is 60.1 Å². The zero-order valence-electron chi connectivity index (χ0n) is 16.1. The Labute approximate surface area is 160 Å².